The minimum absolute atomic E-state index is 0.0393. The van der Waals surface area contributed by atoms with Crippen molar-refractivity contribution in [2.45, 2.75) is 69.0 Å². The predicted octanol–water partition coefficient (Wildman–Crippen LogP) is 5.00. The zero-order chi connectivity index (χ0) is 25.7. The number of carbonyl (C=O) groups excluding carboxylic acids is 1. The Morgan fingerprint density at radius 3 is 2.57 bits per heavy atom. The second kappa shape index (κ2) is 11.3. The molecule has 0 radical (unpaired) electrons. The summed E-state index contributed by atoms with van der Waals surface area (Å²) in [5.74, 6) is -0.818. The van der Waals surface area contributed by atoms with E-state index in [0.29, 0.717) is 31.2 Å². The molecule has 0 bridgehead atoms. The third-order valence-corrected chi connectivity index (χ3v) is 7.79. The van der Waals surface area contributed by atoms with Gasteiger partial charge in [-0.3, -0.25) is 4.79 Å². The van der Waals surface area contributed by atoms with Crippen LogP contribution in [0.25, 0.3) is 0 Å². The van der Waals surface area contributed by atoms with Crippen molar-refractivity contribution in [2.75, 3.05) is 20.4 Å². The van der Waals surface area contributed by atoms with E-state index in [-0.39, 0.29) is 43.4 Å². The number of hydrogen-bond donors (Lipinski definition) is 0. The Morgan fingerprint density at radius 2 is 1.94 bits per heavy atom. The van der Waals surface area contributed by atoms with Crippen molar-refractivity contribution in [3.63, 3.8) is 0 Å². The van der Waals surface area contributed by atoms with E-state index in [1.165, 1.54) is 13.2 Å². The molecule has 1 saturated carbocycles. The number of alkyl halides is 3. The van der Waals surface area contributed by atoms with Crippen LogP contribution < -0.4 is 0 Å². The smallest absolute Gasteiger partial charge is 0.381 e. The molecule has 0 aromatic heterocycles. The van der Waals surface area contributed by atoms with Gasteiger partial charge in [-0.25, -0.2) is 0 Å². The summed E-state index contributed by atoms with van der Waals surface area (Å²) < 4.78 is 78.4. The van der Waals surface area contributed by atoms with Crippen LogP contribution in [0.5, 0.6) is 0 Å². The lowest BCUT2D eigenvalue weighted by molar-refractivity contribution is -0.139. The molecule has 1 aromatic rings. The largest absolute Gasteiger partial charge is 0.534 e. The van der Waals surface area contributed by atoms with Crippen molar-refractivity contribution >= 4 is 16.0 Å². The Morgan fingerprint density at radius 1 is 1.23 bits per heavy atom. The van der Waals surface area contributed by atoms with Crippen LogP contribution in [0.4, 0.5) is 13.2 Å². The molecule has 3 atom stereocenters. The highest BCUT2D eigenvalue weighted by Crippen LogP contribution is 2.49. The van der Waals surface area contributed by atoms with Crippen LogP contribution in [0.15, 0.2) is 42.2 Å². The summed E-state index contributed by atoms with van der Waals surface area (Å²) in [6, 6.07) is 8.63. The highest BCUT2D eigenvalue weighted by atomic mass is 32.2. The van der Waals surface area contributed by atoms with E-state index in [1.54, 1.807) is 35.2 Å². The summed E-state index contributed by atoms with van der Waals surface area (Å²) in [5, 5.41) is 0. The molecule has 1 aromatic carbocycles. The van der Waals surface area contributed by atoms with E-state index in [2.05, 4.69) is 4.18 Å². The van der Waals surface area contributed by atoms with Crippen LogP contribution in [0.1, 0.15) is 62.2 Å². The monoisotopic (exact) mass is 519 g/mol. The number of amides is 1. The van der Waals surface area contributed by atoms with Crippen molar-refractivity contribution in [1.82, 2.24) is 4.90 Å². The van der Waals surface area contributed by atoms with Gasteiger partial charge in [0.25, 0.3) is 5.91 Å². The molecule has 35 heavy (non-hydrogen) atoms. The molecule has 0 N–H and O–H groups in total. The Labute approximate surface area is 204 Å². The zero-order valence-corrected chi connectivity index (χ0v) is 20.7. The van der Waals surface area contributed by atoms with Gasteiger partial charge in [0.05, 0.1) is 11.6 Å². The van der Waals surface area contributed by atoms with Gasteiger partial charge in [0.2, 0.25) is 0 Å². The van der Waals surface area contributed by atoms with E-state index in [0.717, 1.165) is 12.8 Å². The fraction of sp³-hybridized carbons (Fsp3) is 0.625. The summed E-state index contributed by atoms with van der Waals surface area (Å²) in [4.78, 5) is 15.3. The first-order valence-electron chi connectivity index (χ1n) is 11.7. The van der Waals surface area contributed by atoms with E-state index in [4.69, 9.17) is 9.47 Å². The lowest BCUT2D eigenvalue weighted by Crippen LogP contribution is -2.63. The third kappa shape index (κ3) is 6.00. The number of halogens is 3. The Hall–Kier alpha value is -2.11. The number of hydrogen-bond acceptors (Lipinski definition) is 6. The number of benzene rings is 1. The van der Waals surface area contributed by atoms with Gasteiger partial charge in [0.15, 0.2) is 0 Å². The van der Waals surface area contributed by atoms with Gasteiger partial charge in [0.1, 0.15) is 12.6 Å². The van der Waals surface area contributed by atoms with Crippen molar-refractivity contribution < 1.29 is 40.0 Å². The van der Waals surface area contributed by atoms with Crippen molar-refractivity contribution in [2.24, 2.45) is 5.92 Å². The molecule has 0 unspecified atom stereocenters. The molecule has 1 aliphatic heterocycles. The van der Waals surface area contributed by atoms with Crippen LogP contribution in [-0.4, -0.2) is 56.8 Å². The number of rotatable bonds is 9. The van der Waals surface area contributed by atoms with Crippen LogP contribution >= 0.6 is 0 Å². The zero-order valence-electron chi connectivity index (χ0n) is 19.9. The highest BCUT2D eigenvalue weighted by molar-refractivity contribution is 7.87. The first-order chi connectivity index (χ1) is 16.6. The maximum absolute atomic E-state index is 13.7. The van der Waals surface area contributed by atoms with Gasteiger partial charge in [-0.05, 0) is 43.9 Å². The van der Waals surface area contributed by atoms with Crippen LogP contribution in [0.3, 0.4) is 0 Å². The number of unbranched alkanes of at least 4 members (excludes halogenated alkanes) is 1. The molecule has 196 valence electrons. The maximum Gasteiger partial charge on any atom is 0.534 e. The third-order valence-electron chi connectivity index (χ3n) is 6.79. The molecule has 1 spiro atoms. The Bertz CT molecular complexity index is 998. The molecule has 11 heteroatoms. The number of carbonyl (C=O) groups is 1. The Kier molecular flexibility index (Phi) is 8.87. The molecule has 1 aliphatic carbocycles. The molecular formula is C24H32F3NO6S. The van der Waals surface area contributed by atoms with Crippen LogP contribution in [0, 0.1) is 5.92 Å². The van der Waals surface area contributed by atoms with Crippen LogP contribution in [-0.2, 0) is 23.8 Å². The van der Waals surface area contributed by atoms with Gasteiger partial charge < -0.3 is 18.6 Å². The lowest BCUT2D eigenvalue weighted by Gasteiger charge is -2.55. The molecule has 1 amide bonds. The molecule has 0 saturated heterocycles. The topological polar surface area (TPSA) is 82.1 Å². The summed E-state index contributed by atoms with van der Waals surface area (Å²) in [7, 11) is -4.33. The van der Waals surface area contributed by atoms with Crippen LogP contribution in [0.2, 0.25) is 0 Å². The minimum Gasteiger partial charge on any atom is -0.381 e. The molecule has 1 fully saturated rings. The second-order valence-corrected chi connectivity index (χ2v) is 10.5. The van der Waals surface area contributed by atoms with Crippen molar-refractivity contribution in [1.29, 1.82) is 0 Å². The first kappa shape index (κ1) is 27.5. The van der Waals surface area contributed by atoms with Gasteiger partial charge >= 0.3 is 15.6 Å². The van der Waals surface area contributed by atoms with Gasteiger partial charge in [-0.15, -0.1) is 0 Å². The molecule has 2 aliphatic rings. The molecule has 1 heterocycles. The summed E-state index contributed by atoms with van der Waals surface area (Å²) in [6.07, 6.45) is 4.98. The number of nitrogens with zero attached hydrogens (tertiary/aromatic N) is 1. The van der Waals surface area contributed by atoms with E-state index in [9.17, 15) is 26.4 Å². The lowest BCUT2D eigenvalue weighted by atomic mass is 9.65. The average Bonchev–Trinajstić information content (AvgIpc) is 2.81. The normalized spacial score (nSPS) is 25.4. The minimum atomic E-state index is -5.83. The van der Waals surface area contributed by atoms with E-state index >= 15 is 0 Å². The number of methoxy groups -OCH3 is 1. The SMILES string of the molecule is CCCC[C@H]1[C@H](OCOC)CCC[C@]12CC(OS(=O)(=O)C(F)(F)F)=CCN2C(=O)c1ccccc1. The standard InChI is InChI=1S/C24H32F3NO6S/c1-3-4-11-20-21(33-17-32-2)12-8-14-23(20)16-19(34-35(30,31)24(25,26)27)13-15-28(23)22(29)18-9-6-5-7-10-18/h5-7,9-10,13,20-21H,3-4,8,11-12,14-17H2,1-2H3/t20-,21+,23-/m0/s1. The fourth-order valence-corrected chi connectivity index (χ4v) is 5.75. The highest BCUT2D eigenvalue weighted by Gasteiger charge is 2.55. The number of ether oxygens (including phenoxy) is 2. The quantitative estimate of drug-likeness (QED) is 0.259. The predicted molar refractivity (Wildman–Crippen MR) is 123 cm³/mol. The summed E-state index contributed by atoms with van der Waals surface area (Å²) in [6.45, 7) is 1.99. The van der Waals surface area contributed by atoms with Crippen molar-refractivity contribution in [3.05, 3.63) is 47.7 Å². The van der Waals surface area contributed by atoms with Gasteiger partial charge in [-0.1, -0.05) is 38.0 Å². The summed E-state index contributed by atoms with van der Waals surface area (Å²) in [5.41, 5.74) is -6.07. The fourth-order valence-electron chi connectivity index (χ4n) is 5.25. The molecule has 3 rings (SSSR count). The second-order valence-electron chi connectivity index (χ2n) is 8.97. The van der Waals surface area contributed by atoms with Gasteiger partial charge in [0, 0.05) is 31.6 Å². The first-order valence-corrected chi connectivity index (χ1v) is 13.1. The van der Waals surface area contributed by atoms with Crippen molar-refractivity contribution in [3.8, 4) is 0 Å². The summed E-state index contributed by atoms with van der Waals surface area (Å²) >= 11 is 0. The Balaban J connectivity index is 2.05. The van der Waals surface area contributed by atoms with E-state index < -0.39 is 21.2 Å². The molecular weight excluding hydrogens is 487 g/mol. The van der Waals surface area contributed by atoms with Gasteiger partial charge in [-0.2, -0.15) is 21.6 Å². The maximum atomic E-state index is 13.7. The van der Waals surface area contributed by atoms with E-state index in [1.807, 2.05) is 6.92 Å². The molecule has 7 nitrogen and oxygen atoms in total. The average molecular weight is 520 g/mol.